The first-order chi connectivity index (χ1) is 15.4. The van der Waals surface area contributed by atoms with Gasteiger partial charge in [-0.05, 0) is 23.3 Å². The van der Waals surface area contributed by atoms with Crippen molar-refractivity contribution in [1.29, 1.82) is 0 Å². The van der Waals surface area contributed by atoms with E-state index in [1.165, 1.54) is 18.2 Å². The summed E-state index contributed by atoms with van der Waals surface area (Å²) in [5.41, 5.74) is 2.79. The average Bonchev–Trinajstić information content (AvgIpc) is 3.17. The van der Waals surface area contributed by atoms with E-state index in [-0.39, 0.29) is 25.0 Å². The largest absolute Gasteiger partial charge is 0.375 e. The summed E-state index contributed by atoms with van der Waals surface area (Å²) >= 11 is 6.62. The second kappa shape index (κ2) is 9.22. The van der Waals surface area contributed by atoms with Crippen LogP contribution in [0.15, 0.2) is 36.7 Å². The molecule has 1 aliphatic heterocycles. The summed E-state index contributed by atoms with van der Waals surface area (Å²) in [5.74, 6) is -0.436. The summed E-state index contributed by atoms with van der Waals surface area (Å²) in [6.45, 7) is 0.649. The van der Waals surface area contributed by atoms with Crippen LogP contribution in [0.1, 0.15) is 5.56 Å². The number of carbonyl (C=O) groups excluding carboxylic acids is 2. The third-order valence-corrected chi connectivity index (χ3v) is 5.80. The average molecular weight is 463 g/mol. The summed E-state index contributed by atoms with van der Waals surface area (Å²) in [7, 11) is 1.43. The van der Waals surface area contributed by atoms with Crippen LogP contribution in [0.25, 0.3) is 22.2 Å². The highest BCUT2D eigenvalue weighted by Crippen LogP contribution is 2.36. The SMILES string of the molecule is COCC(=O)N1CCN(c2cccc(-c3cnc4[nH]cc(CC(F)F)c4c3Cl)c2)C(=O)C1. The molecule has 4 rings (SSSR count). The number of nitrogens with zero attached hydrogens (tertiary/aromatic N) is 3. The summed E-state index contributed by atoms with van der Waals surface area (Å²) < 4.78 is 30.8. The van der Waals surface area contributed by atoms with Gasteiger partial charge in [0.2, 0.25) is 18.2 Å². The van der Waals surface area contributed by atoms with Crippen molar-refractivity contribution in [3.8, 4) is 11.1 Å². The maximum absolute atomic E-state index is 13.0. The number of H-pyrrole nitrogens is 1. The van der Waals surface area contributed by atoms with Crippen molar-refractivity contribution in [2.45, 2.75) is 12.8 Å². The van der Waals surface area contributed by atoms with Crippen molar-refractivity contribution >= 4 is 40.1 Å². The molecule has 0 unspecified atom stereocenters. The molecule has 3 aromatic rings. The van der Waals surface area contributed by atoms with Crippen LogP contribution >= 0.6 is 11.6 Å². The molecule has 32 heavy (non-hydrogen) atoms. The van der Waals surface area contributed by atoms with Crippen molar-refractivity contribution in [3.05, 3.63) is 47.2 Å². The molecule has 10 heteroatoms. The van der Waals surface area contributed by atoms with Crippen LogP contribution in [0.5, 0.6) is 0 Å². The van der Waals surface area contributed by atoms with Crippen molar-refractivity contribution in [2.24, 2.45) is 0 Å². The molecule has 0 saturated carbocycles. The van der Waals surface area contributed by atoms with Gasteiger partial charge in [-0.25, -0.2) is 13.8 Å². The van der Waals surface area contributed by atoms with E-state index in [2.05, 4.69) is 9.97 Å². The molecule has 3 heterocycles. The van der Waals surface area contributed by atoms with E-state index < -0.39 is 12.8 Å². The van der Waals surface area contributed by atoms with Gasteiger partial charge in [0, 0.05) is 55.7 Å². The van der Waals surface area contributed by atoms with Crippen molar-refractivity contribution in [1.82, 2.24) is 14.9 Å². The number of anilines is 1. The second-order valence-electron chi connectivity index (χ2n) is 7.46. The topological polar surface area (TPSA) is 78.5 Å². The number of aromatic nitrogens is 2. The fraction of sp³-hybridized carbons (Fsp3) is 0.318. The summed E-state index contributed by atoms with van der Waals surface area (Å²) in [6, 6.07) is 7.21. The molecule has 0 radical (unpaired) electrons. The Morgan fingerprint density at radius 2 is 2.16 bits per heavy atom. The van der Waals surface area contributed by atoms with Gasteiger partial charge in [-0.2, -0.15) is 0 Å². The highest BCUT2D eigenvalue weighted by atomic mass is 35.5. The van der Waals surface area contributed by atoms with E-state index >= 15 is 0 Å². The number of hydrogen-bond acceptors (Lipinski definition) is 4. The Labute approximate surface area is 187 Å². The molecule has 1 aromatic carbocycles. The fourth-order valence-electron chi connectivity index (χ4n) is 3.86. The number of amides is 2. The number of carbonyl (C=O) groups is 2. The molecule has 168 valence electrons. The molecule has 7 nitrogen and oxygen atoms in total. The predicted octanol–water partition coefficient (Wildman–Crippen LogP) is 3.51. The second-order valence-corrected chi connectivity index (χ2v) is 7.84. The third-order valence-electron chi connectivity index (χ3n) is 5.40. The zero-order valence-corrected chi connectivity index (χ0v) is 18.0. The van der Waals surface area contributed by atoms with E-state index in [9.17, 15) is 18.4 Å². The quantitative estimate of drug-likeness (QED) is 0.608. The number of hydrogen-bond donors (Lipinski definition) is 1. The van der Waals surface area contributed by atoms with Crippen LogP contribution in [-0.4, -0.2) is 66.5 Å². The van der Waals surface area contributed by atoms with Crippen LogP contribution in [0.2, 0.25) is 5.02 Å². The number of aromatic amines is 1. The monoisotopic (exact) mass is 462 g/mol. The molecule has 0 atom stereocenters. The lowest BCUT2D eigenvalue weighted by Crippen LogP contribution is -2.53. The lowest BCUT2D eigenvalue weighted by Gasteiger charge is -2.34. The summed E-state index contributed by atoms with van der Waals surface area (Å²) in [4.78, 5) is 35.0. The van der Waals surface area contributed by atoms with E-state index in [0.29, 0.717) is 51.5 Å². The van der Waals surface area contributed by atoms with E-state index in [1.807, 2.05) is 6.07 Å². The minimum atomic E-state index is -2.50. The molecule has 2 amide bonds. The normalized spacial score (nSPS) is 14.6. The van der Waals surface area contributed by atoms with Crippen LogP contribution in [0.4, 0.5) is 14.5 Å². The first-order valence-electron chi connectivity index (χ1n) is 9.99. The molecule has 0 aliphatic carbocycles. The first-order valence-corrected chi connectivity index (χ1v) is 10.4. The number of pyridine rings is 1. The maximum atomic E-state index is 13.0. The number of benzene rings is 1. The van der Waals surface area contributed by atoms with Gasteiger partial charge in [-0.15, -0.1) is 0 Å². The number of ether oxygens (including phenoxy) is 1. The zero-order valence-electron chi connectivity index (χ0n) is 17.3. The Hall–Kier alpha value is -3.04. The molecule has 1 aliphatic rings. The van der Waals surface area contributed by atoms with Gasteiger partial charge in [0.15, 0.2) is 0 Å². The van der Waals surface area contributed by atoms with Crippen LogP contribution in [0, 0.1) is 0 Å². The number of fused-ring (bicyclic) bond motifs is 1. The van der Waals surface area contributed by atoms with Crippen molar-refractivity contribution in [3.63, 3.8) is 0 Å². The Balaban J connectivity index is 1.63. The van der Waals surface area contributed by atoms with Crippen molar-refractivity contribution in [2.75, 3.05) is 38.3 Å². The van der Waals surface area contributed by atoms with Gasteiger partial charge in [0.05, 0.1) is 5.02 Å². The summed E-state index contributed by atoms with van der Waals surface area (Å²) in [6.07, 6.45) is 0.150. The van der Waals surface area contributed by atoms with Gasteiger partial charge in [-0.3, -0.25) is 9.59 Å². The molecule has 1 N–H and O–H groups in total. The molecule has 1 saturated heterocycles. The molecular formula is C22H21ClF2N4O3. The molecule has 2 aromatic heterocycles. The van der Waals surface area contributed by atoms with Crippen LogP contribution in [-0.2, 0) is 20.7 Å². The molecule has 1 fully saturated rings. The van der Waals surface area contributed by atoms with Crippen LogP contribution in [0.3, 0.4) is 0 Å². The number of rotatable bonds is 6. The van der Waals surface area contributed by atoms with E-state index in [1.54, 1.807) is 29.3 Å². The Morgan fingerprint density at radius 3 is 2.88 bits per heavy atom. The lowest BCUT2D eigenvalue weighted by molar-refractivity contribution is -0.139. The smallest absolute Gasteiger partial charge is 0.249 e. The van der Waals surface area contributed by atoms with Gasteiger partial charge in [-0.1, -0.05) is 23.7 Å². The highest BCUT2D eigenvalue weighted by Gasteiger charge is 2.28. The minimum Gasteiger partial charge on any atom is -0.375 e. The van der Waals surface area contributed by atoms with E-state index in [0.717, 1.165) is 0 Å². The summed E-state index contributed by atoms with van der Waals surface area (Å²) in [5, 5.41) is 0.793. The van der Waals surface area contributed by atoms with Crippen molar-refractivity contribution < 1.29 is 23.1 Å². The Kier molecular flexibility index (Phi) is 6.38. The van der Waals surface area contributed by atoms with Gasteiger partial charge in [0.1, 0.15) is 18.8 Å². The molecule has 0 bridgehead atoms. The maximum Gasteiger partial charge on any atom is 0.249 e. The number of halogens is 3. The number of piperazine rings is 1. The third kappa shape index (κ3) is 4.31. The molecule has 0 spiro atoms. The fourth-order valence-corrected chi connectivity index (χ4v) is 4.23. The number of alkyl halides is 2. The highest BCUT2D eigenvalue weighted by molar-refractivity contribution is 6.38. The van der Waals surface area contributed by atoms with Gasteiger partial charge < -0.3 is 19.5 Å². The Bertz CT molecular complexity index is 1170. The standard InChI is InChI=1S/C22H21ClF2N4O3/c1-32-12-19(31)28-5-6-29(18(30)11-28)15-4-2-3-13(7-15)16-10-27-22-20(21(16)23)14(9-26-22)8-17(24)25/h2-4,7,9-10,17H,5-6,8,11-12H2,1H3,(H,26,27). The number of methoxy groups -OCH3 is 1. The Morgan fingerprint density at radius 1 is 1.34 bits per heavy atom. The predicted molar refractivity (Wildman–Crippen MR) is 117 cm³/mol. The molecular weight excluding hydrogens is 442 g/mol. The van der Waals surface area contributed by atoms with Gasteiger partial charge in [0.25, 0.3) is 0 Å². The minimum absolute atomic E-state index is 0.0268. The number of nitrogens with one attached hydrogen (secondary N) is 1. The first kappa shape index (κ1) is 22.2. The van der Waals surface area contributed by atoms with E-state index in [4.69, 9.17) is 16.3 Å². The zero-order chi connectivity index (χ0) is 22.8. The lowest BCUT2D eigenvalue weighted by atomic mass is 10.0. The van der Waals surface area contributed by atoms with Gasteiger partial charge >= 0.3 is 0 Å². The van der Waals surface area contributed by atoms with Crippen LogP contribution < -0.4 is 4.90 Å².